The second-order valence-corrected chi connectivity index (χ2v) is 7.34. The quantitative estimate of drug-likeness (QED) is 0.295. The molecule has 0 spiro atoms. The predicted octanol–water partition coefficient (Wildman–Crippen LogP) is 5.92. The summed E-state index contributed by atoms with van der Waals surface area (Å²) in [6.07, 6.45) is -1.76. The molecule has 1 heterocycles. The number of hydrogen-bond acceptors (Lipinski definition) is 4. The van der Waals surface area contributed by atoms with E-state index in [1.165, 1.54) is 30.6 Å². The van der Waals surface area contributed by atoms with E-state index >= 15 is 0 Å². The molecule has 0 bridgehead atoms. The number of anilines is 1. The summed E-state index contributed by atoms with van der Waals surface area (Å²) >= 11 is 5.55. The molecule has 0 radical (unpaired) electrons. The van der Waals surface area contributed by atoms with Gasteiger partial charge in [0.25, 0.3) is 5.91 Å². The molecule has 1 aromatic heterocycles. The topological polar surface area (TPSA) is 72.0 Å². The molecule has 0 atom stereocenters. The van der Waals surface area contributed by atoms with Crippen LogP contribution >= 0.6 is 11.6 Å². The van der Waals surface area contributed by atoms with E-state index in [9.17, 15) is 27.2 Å². The first-order valence-electron chi connectivity index (χ1n) is 9.36. The Bertz CT molecular complexity index is 1410. The van der Waals surface area contributed by atoms with Crippen molar-refractivity contribution in [3.63, 3.8) is 0 Å². The molecule has 0 aliphatic heterocycles. The van der Waals surface area contributed by atoms with Crippen molar-refractivity contribution in [2.75, 3.05) is 5.32 Å². The number of ketones is 1. The van der Waals surface area contributed by atoms with Gasteiger partial charge in [0.1, 0.15) is 5.82 Å². The van der Waals surface area contributed by atoms with Gasteiger partial charge in [-0.3, -0.25) is 19.6 Å². The zero-order valence-corrected chi connectivity index (χ0v) is 17.2. The molecule has 1 N–H and O–H groups in total. The highest BCUT2D eigenvalue weighted by Crippen LogP contribution is 2.35. The van der Waals surface area contributed by atoms with Gasteiger partial charge < -0.3 is 5.32 Å². The lowest BCUT2D eigenvalue weighted by molar-refractivity contribution is -0.137. The van der Waals surface area contributed by atoms with E-state index in [0.29, 0.717) is 17.1 Å². The summed E-state index contributed by atoms with van der Waals surface area (Å²) < 4.78 is 53.6. The monoisotopic (exact) mass is 473 g/mol. The lowest BCUT2D eigenvalue weighted by Crippen LogP contribution is -2.15. The van der Waals surface area contributed by atoms with Crippen molar-refractivity contribution in [1.29, 1.82) is 0 Å². The van der Waals surface area contributed by atoms with Crippen molar-refractivity contribution >= 4 is 40.0 Å². The van der Waals surface area contributed by atoms with Crippen LogP contribution in [0.5, 0.6) is 0 Å². The van der Waals surface area contributed by atoms with Crippen LogP contribution < -0.4 is 5.32 Å². The number of carbonyl (C=O) groups excluding carboxylic acids is 2. The van der Waals surface area contributed by atoms with Crippen LogP contribution in [0.2, 0.25) is 5.02 Å². The molecule has 4 aromatic rings. The van der Waals surface area contributed by atoms with Crippen molar-refractivity contribution in [3.05, 3.63) is 100 Å². The van der Waals surface area contributed by atoms with Crippen LogP contribution in [0.25, 0.3) is 11.0 Å². The lowest BCUT2D eigenvalue weighted by Gasteiger charge is -2.12. The van der Waals surface area contributed by atoms with Gasteiger partial charge in [0.05, 0.1) is 27.3 Å². The van der Waals surface area contributed by atoms with Crippen molar-refractivity contribution in [3.8, 4) is 0 Å². The predicted molar refractivity (Wildman–Crippen MR) is 114 cm³/mol. The maximum Gasteiger partial charge on any atom is 0.417 e. The number of halogens is 5. The van der Waals surface area contributed by atoms with E-state index in [1.54, 1.807) is 6.07 Å². The molecule has 4 rings (SSSR count). The molecule has 0 aliphatic carbocycles. The van der Waals surface area contributed by atoms with Gasteiger partial charge in [-0.1, -0.05) is 11.6 Å². The summed E-state index contributed by atoms with van der Waals surface area (Å²) in [5, 5.41) is 1.64. The fraction of sp³-hybridized carbons (Fsp3) is 0.0435. The zero-order chi connectivity index (χ0) is 23.8. The Balaban J connectivity index is 1.56. The number of hydrogen-bond donors (Lipinski definition) is 1. The third-order valence-electron chi connectivity index (χ3n) is 4.74. The van der Waals surface area contributed by atoms with Gasteiger partial charge in [-0.15, -0.1) is 0 Å². The van der Waals surface area contributed by atoms with Crippen LogP contribution in [0.1, 0.15) is 31.8 Å². The van der Waals surface area contributed by atoms with Gasteiger partial charge in [-0.05, 0) is 54.6 Å². The summed E-state index contributed by atoms with van der Waals surface area (Å²) in [6, 6.07) is 10.7. The number of alkyl halides is 3. The molecule has 0 saturated carbocycles. The van der Waals surface area contributed by atoms with E-state index in [4.69, 9.17) is 11.6 Å². The Morgan fingerprint density at radius 2 is 1.45 bits per heavy atom. The lowest BCUT2D eigenvalue weighted by atomic mass is 10.0. The Morgan fingerprint density at radius 3 is 2.15 bits per heavy atom. The molecule has 0 saturated heterocycles. The van der Waals surface area contributed by atoms with Crippen molar-refractivity contribution in [2.24, 2.45) is 0 Å². The highest BCUT2D eigenvalue weighted by molar-refractivity contribution is 6.31. The van der Waals surface area contributed by atoms with E-state index in [2.05, 4.69) is 15.3 Å². The zero-order valence-electron chi connectivity index (χ0n) is 16.5. The molecule has 166 valence electrons. The summed E-state index contributed by atoms with van der Waals surface area (Å²) in [4.78, 5) is 33.3. The number of amides is 1. The average molecular weight is 474 g/mol. The third-order valence-corrected chi connectivity index (χ3v) is 5.07. The van der Waals surface area contributed by atoms with Crippen LogP contribution in [0.3, 0.4) is 0 Å². The fourth-order valence-electron chi connectivity index (χ4n) is 3.11. The minimum atomic E-state index is -4.75. The first-order chi connectivity index (χ1) is 15.6. The number of carbonyl (C=O) groups is 2. The summed E-state index contributed by atoms with van der Waals surface area (Å²) in [5.74, 6) is -2.38. The molecule has 10 heteroatoms. The number of nitrogens with one attached hydrogen (secondary N) is 1. The largest absolute Gasteiger partial charge is 0.417 e. The van der Waals surface area contributed by atoms with Crippen LogP contribution in [-0.4, -0.2) is 21.7 Å². The van der Waals surface area contributed by atoms with E-state index in [0.717, 1.165) is 24.3 Å². The summed E-state index contributed by atoms with van der Waals surface area (Å²) in [5.41, 5.74) is -0.478. The molecule has 33 heavy (non-hydrogen) atoms. The smallest absolute Gasteiger partial charge is 0.319 e. The Morgan fingerprint density at radius 1 is 0.818 bits per heavy atom. The number of rotatable bonds is 4. The second kappa shape index (κ2) is 8.59. The second-order valence-electron chi connectivity index (χ2n) is 6.93. The normalized spacial score (nSPS) is 11.4. The van der Waals surface area contributed by atoms with Crippen molar-refractivity contribution in [2.45, 2.75) is 6.18 Å². The SMILES string of the molecule is O=C(Nc1ccc(C(=O)c2ccc3nccnc3c2)cc1F)c1ccc(Cl)c(C(F)(F)F)c1. The number of fused-ring (bicyclic) bond motifs is 1. The van der Waals surface area contributed by atoms with Crippen LogP contribution in [0.15, 0.2) is 67.0 Å². The first kappa shape index (κ1) is 22.3. The van der Waals surface area contributed by atoms with Gasteiger partial charge in [-0.2, -0.15) is 13.2 Å². The van der Waals surface area contributed by atoms with Crippen molar-refractivity contribution in [1.82, 2.24) is 9.97 Å². The Hall–Kier alpha value is -3.85. The molecule has 3 aromatic carbocycles. The first-order valence-corrected chi connectivity index (χ1v) is 9.74. The summed E-state index contributed by atoms with van der Waals surface area (Å²) in [6.45, 7) is 0. The maximum atomic E-state index is 14.6. The highest BCUT2D eigenvalue weighted by Gasteiger charge is 2.34. The van der Waals surface area contributed by atoms with Gasteiger partial charge in [-0.25, -0.2) is 4.39 Å². The van der Waals surface area contributed by atoms with Crippen LogP contribution in [0.4, 0.5) is 23.2 Å². The fourth-order valence-corrected chi connectivity index (χ4v) is 3.33. The molecular weight excluding hydrogens is 462 g/mol. The number of nitrogens with zero attached hydrogens (tertiary/aromatic N) is 2. The molecule has 0 unspecified atom stereocenters. The van der Waals surface area contributed by atoms with Crippen LogP contribution in [0, 0.1) is 5.82 Å². The molecule has 5 nitrogen and oxygen atoms in total. The van der Waals surface area contributed by atoms with Gasteiger partial charge in [0.15, 0.2) is 5.78 Å². The summed E-state index contributed by atoms with van der Waals surface area (Å²) in [7, 11) is 0. The average Bonchev–Trinajstić information content (AvgIpc) is 2.79. The third kappa shape index (κ3) is 4.68. The number of aromatic nitrogens is 2. The minimum Gasteiger partial charge on any atom is -0.319 e. The number of benzene rings is 3. The van der Waals surface area contributed by atoms with Crippen LogP contribution in [-0.2, 0) is 6.18 Å². The Kier molecular flexibility index (Phi) is 5.82. The van der Waals surface area contributed by atoms with E-state index < -0.39 is 34.3 Å². The van der Waals surface area contributed by atoms with Gasteiger partial charge in [0, 0.05) is 29.1 Å². The molecule has 0 fully saturated rings. The molecule has 1 amide bonds. The Labute approximate surface area is 189 Å². The van der Waals surface area contributed by atoms with Crippen molar-refractivity contribution < 1.29 is 27.2 Å². The van der Waals surface area contributed by atoms with Gasteiger partial charge >= 0.3 is 6.18 Å². The molecule has 0 aliphatic rings. The van der Waals surface area contributed by atoms with E-state index in [1.807, 2.05) is 0 Å². The van der Waals surface area contributed by atoms with Gasteiger partial charge in [0.2, 0.25) is 0 Å². The highest BCUT2D eigenvalue weighted by atomic mass is 35.5. The minimum absolute atomic E-state index is 0.0135. The molecular formula is C23H12ClF4N3O2. The van der Waals surface area contributed by atoms with E-state index in [-0.39, 0.29) is 22.4 Å². The standard InChI is InChI=1S/C23H12ClF4N3O2/c24-16-4-1-14(9-15(16)23(26,27)28)22(33)31-18-5-2-12(10-17(18)25)21(32)13-3-6-19-20(11-13)30-8-7-29-19/h1-11H,(H,31,33). The maximum absolute atomic E-state index is 14.6.